The molecular formula is C14H14Cl2N2O2. The summed E-state index contributed by atoms with van der Waals surface area (Å²) < 4.78 is 11.2. The lowest BCUT2D eigenvalue weighted by molar-refractivity contribution is 0.0722. The van der Waals surface area contributed by atoms with Gasteiger partial charge in [-0.3, -0.25) is 0 Å². The third-order valence-corrected chi connectivity index (χ3v) is 3.95. The summed E-state index contributed by atoms with van der Waals surface area (Å²) in [4.78, 5) is 0. The van der Waals surface area contributed by atoms with Crippen molar-refractivity contribution in [3.05, 3.63) is 45.6 Å². The van der Waals surface area contributed by atoms with Crippen molar-refractivity contribution in [2.45, 2.75) is 25.2 Å². The molecule has 1 unspecified atom stereocenters. The van der Waals surface area contributed by atoms with Gasteiger partial charge in [-0.1, -0.05) is 23.2 Å². The van der Waals surface area contributed by atoms with Crippen LogP contribution in [-0.4, -0.2) is 23.4 Å². The van der Waals surface area contributed by atoms with Crippen LogP contribution in [-0.2, 0) is 11.2 Å². The van der Waals surface area contributed by atoms with Gasteiger partial charge >= 0.3 is 0 Å². The first-order valence-electron chi connectivity index (χ1n) is 6.56. The molecule has 4 nitrogen and oxygen atoms in total. The fourth-order valence-corrected chi connectivity index (χ4v) is 2.66. The average Bonchev–Trinajstić information content (AvgIpc) is 2.92. The molecule has 0 amide bonds. The molecule has 0 bridgehead atoms. The van der Waals surface area contributed by atoms with E-state index in [1.807, 2.05) is 6.07 Å². The minimum absolute atomic E-state index is 0.208. The summed E-state index contributed by atoms with van der Waals surface area (Å²) in [7, 11) is 0. The van der Waals surface area contributed by atoms with Crippen LogP contribution in [0.1, 0.15) is 36.1 Å². The van der Waals surface area contributed by atoms with Crippen LogP contribution in [0.25, 0.3) is 0 Å². The molecule has 1 fully saturated rings. The van der Waals surface area contributed by atoms with E-state index in [-0.39, 0.29) is 5.92 Å². The van der Waals surface area contributed by atoms with Crippen molar-refractivity contribution in [3.8, 4) is 0 Å². The molecule has 1 saturated heterocycles. The highest BCUT2D eigenvalue weighted by molar-refractivity contribution is 6.33. The first-order chi connectivity index (χ1) is 9.72. The molecule has 20 heavy (non-hydrogen) atoms. The number of ether oxygens (including phenoxy) is 1. The third-order valence-electron chi connectivity index (χ3n) is 3.34. The van der Waals surface area contributed by atoms with Gasteiger partial charge in [0, 0.05) is 16.7 Å². The standard InChI is InChI=1S/C14H14Cl2N2O2/c15-11-3-4-12(16)10(6-11)7-13-17-18-14(20-13)9-2-1-5-19-8-9/h3-4,6,9H,1-2,5,7-8H2. The SMILES string of the molecule is Clc1ccc(Cl)c(Cc2nnc(C3CCCOC3)o2)c1. The molecule has 1 aliphatic rings. The van der Waals surface area contributed by atoms with E-state index in [1.165, 1.54) is 0 Å². The summed E-state index contributed by atoms with van der Waals surface area (Å²) in [5, 5.41) is 9.49. The molecule has 0 saturated carbocycles. The van der Waals surface area contributed by atoms with Crippen LogP contribution < -0.4 is 0 Å². The van der Waals surface area contributed by atoms with Crippen LogP contribution in [0, 0.1) is 0 Å². The molecule has 2 aromatic rings. The van der Waals surface area contributed by atoms with Gasteiger partial charge in [0.05, 0.1) is 18.9 Å². The number of aromatic nitrogens is 2. The number of hydrogen-bond donors (Lipinski definition) is 0. The lowest BCUT2D eigenvalue weighted by atomic mass is 10.0. The number of benzene rings is 1. The van der Waals surface area contributed by atoms with Crippen LogP contribution >= 0.6 is 23.2 Å². The molecule has 0 radical (unpaired) electrons. The van der Waals surface area contributed by atoms with E-state index in [0.29, 0.717) is 34.9 Å². The molecule has 1 aliphatic heterocycles. The molecule has 6 heteroatoms. The molecule has 0 aliphatic carbocycles. The monoisotopic (exact) mass is 312 g/mol. The lowest BCUT2D eigenvalue weighted by Gasteiger charge is -2.18. The lowest BCUT2D eigenvalue weighted by Crippen LogP contribution is -2.15. The van der Waals surface area contributed by atoms with Crippen molar-refractivity contribution in [1.82, 2.24) is 10.2 Å². The number of hydrogen-bond acceptors (Lipinski definition) is 4. The molecule has 1 atom stereocenters. The fourth-order valence-electron chi connectivity index (χ4n) is 2.28. The van der Waals surface area contributed by atoms with Crippen LogP contribution in [0.4, 0.5) is 0 Å². The van der Waals surface area contributed by atoms with Gasteiger partial charge < -0.3 is 9.15 Å². The number of rotatable bonds is 3. The van der Waals surface area contributed by atoms with Gasteiger partial charge in [-0.05, 0) is 36.6 Å². The Balaban J connectivity index is 1.75. The van der Waals surface area contributed by atoms with E-state index in [0.717, 1.165) is 25.0 Å². The van der Waals surface area contributed by atoms with Crippen LogP contribution in [0.2, 0.25) is 10.0 Å². The predicted molar refractivity (Wildman–Crippen MR) is 76.4 cm³/mol. The molecule has 106 valence electrons. The third kappa shape index (κ3) is 3.14. The van der Waals surface area contributed by atoms with E-state index in [1.54, 1.807) is 12.1 Å². The smallest absolute Gasteiger partial charge is 0.221 e. The van der Waals surface area contributed by atoms with Gasteiger partial charge in [-0.25, -0.2) is 0 Å². The van der Waals surface area contributed by atoms with Gasteiger partial charge in [0.1, 0.15) is 0 Å². The second-order valence-corrected chi connectivity index (χ2v) is 5.70. The van der Waals surface area contributed by atoms with Gasteiger partial charge in [0.25, 0.3) is 0 Å². The Kier molecular flexibility index (Phi) is 4.24. The van der Waals surface area contributed by atoms with E-state index in [2.05, 4.69) is 10.2 Å². The van der Waals surface area contributed by atoms with Gasteiger partial charge in [-0.15, -0.1) is 10.2 Å². The topological polar surface area (TPSA) is 48.2 Å². The predicted octanol–water partition coefficient (Wildman–Crippen LogP) is 3.86. The highest BCUT2D eigenvalue weighted by atomic mass is 35.5. The van der Waals surface area contributed by atoms with Crippen molar-refractivity contribution >= 4 is 23.2 Å². The quantitative estimate of drug-likeness (QED) is 0.863. The molecule has 1 aromatic heterocycles. The van der Waals surface area contributed by atoms with Crippen molar-refractivity contribution in [2.75, 3.05) is 13.2 Å². The van der Waals surface area contributed by atoms with Crippen molar-refractivity contribution in [2.24, 2.45) is 0 Å². The first-order valence-corrected chi connectivity index (χ1v) is 7.32. The maximum Gasteiger partial charge on any atom is 0.221 e. The molecule has 1 aromatic carbocycles. The van der Waals surface area contributed by atoms with Crippen molar-refractivity contribution in [3.63, 3.8) is 0 Å². The maximum atomic E-state index is 6.13. The molecule has 3 rings (SSSR count). The van der Waals surface area contributed by atoms with Crippen molar-refractivity contribution < 1.29 is 9.15 Å². The highest BCUT2D eigenvalue weighted by Gasteiger charge is 2.22. The van der Waals surface area contributed by atoms with E-state index in [4.69, 9.17) is 32.4 Å². The Morgan fingerprint density at radius 3 is 2.95 bits per heavy atom. The second-order valence-electron chi connectivity index (χ2n) is 4.86. The Morgan fingerprint density at radius 1 is 1.25 bits per heavy atom. The zero-order valence-electron chi connectivity index (χ0n) is 10.8. The molecule has 0 N–H and O–H groups in total. The van der Waals surface area contributed by atoms with Gasteiger partial charge in [0.2, 0.25) is 11.8 Å². The molecule has 2 heterocycles. The Labute approximate surface area is 127 Å². The maximum absolute atomic E-state index is 6.13. The highest BCUT2D eigenvalue weighted by Crippen LogP contribution is 2.26. The minimum Gasteiger partial charge on any atom is -0.425 e. The van der Waals surface area contributed by atoms with E-state index >= 15 is 0 Å². The summed E-state index contributed by atoms with van der Waals surface area (Å²) in [5.41, 5.74) is 0.884. The zero-order valence-corrected chi connectivity index (χ0v) is 12.3. The van der Waals surface area contributed by atoms with E-state index < -0.39 is 0 Å². The summed E-state index contributed by atoms with van der Waals surface area (Å²) in [6.07, 6.45) is 2.54. The molecule has 0 spiro atoms. The Hall–Kier alpha value is -1.10. The largest absolute Gasteiger partial charge is 0.425 e. The van der Waals surface area contributed by atoms with Crippen LogP contribution in [0.5, 0.6) is 0 Å². The van der Waals surface area contributed by atoms with Crippen LogP contribution in [0.3, 0.4) is 0 Å². The summed E-state index contributed by atoms with van der Waals surface area (Å²) in [6.45, 7) is 1.47. The second kappa shape index (κ2) is 6.12. The summed E-state index contributed by atoms with van der Waals surface area (Å²) in [6, 6.07) is 5.34. The normalized spacial score (nSPS) is 19.2. The summed E-state index contributed by atoms with van der Waals surface area (Å²) in [5.74, 6) is 1.41. The van der Waals surface area contributed by atoms with Crippen molar-refractivity contribution in [1.29, 1.82) is 0 Å². The Morgan fingerprint density at radius 2 is 2.15 bits per heavy atom. The van der Waals surface area contributed by atoms with Gasteiger partial charge in [-0.2, -0.15) is 0 Å². The number of halogens is 2. The molecular weight excluding hydrogens is 299 g/mol. The minimum atomic E-state index is 0.208. The fraction of sp³-hybridized carbons (Fsp3) is 0.429. The van der Waals surface area contributed by atoms with E-state index in [9.17, 15) is 0 Å². The van der Waals surface area contributed by atoms with Crippen LogP contribution in [0.15, 0.2) is 22.6 Å². The average molecular weight is 313 g/mol. The zero-order chi connectivity index (χ0) is 13.9. The Bertz CT molecular complexity index is 595. The van der Waals surface area contributed by atoms with Gasteiger partial charge in [0.15, 0.2) is 0 Å². The summed E-state index contributed by atoms with van der Waals surface area (Å²) >= 11 is 12.1. The first kappa shape index (κ1) is 13.9. The number of nitrogens with zero attached hydrogens (tertiary/aromatic N) is 2.